The Balaban J connectivity index is 1.84. The van der Waals surface area contributed by atoms with Gasteiger partial charge in [0.15, 0.2) is 9.84 Å². The summed E-state index contributed by atoms with van der Waals surface area (Å²) in [5, 5.41) is 7.44. The van der Waals surface area contributed by atoms with E-state index in [4.69, 9.17) is 4.74 Å². The van der Waals surface area contributed by atoms with Crippen LogP contribution in [0.25, 0.3) is 0 Å². The van der Waals surface area contributed by atoms with Crippen molar-refractivity contribution in [3.05, 3.63) is 23.8 Å². The van der Waals surface area contributed by atoms with E-state index in [1.165, 1.54) is 0 Å². The van der Waals surface area contributed by atoms with E-state index in [9.17, 15) is 31.2 Å². The molecule has 0 radical (unpaired) electrons. The Bertz CT molecular complexity index is 1010. The molecule has 2 heterocycles. The fourth-order valence-electron chi connectivity index (χ4n) is 3.32. The van der Waals surface area contributed by atoms with E-state index >= 15 is 0 Å². The van der Waals surface area contributed by atoms with Crippen molar-refractivity contribution in [1.82, 2.24) is 5.01 Å². The topological polar surface area (TPSA) is 105 Å². The van der Waals surface area contributed by atoms with Crippen LogP contribution in [0.4, 0.5) is 18.9 Å². The lowest BCUT2D eigenvalue weighted by Gasteiger charge is -2.27. The summed E-state index contributed by atoms with van der Waals surface area (Å²) < 4.78 is 68.2. The van der Waals surface area contributed by atoms with Gasteiger partial charge < -0.3 is 10.1 Å². The summed E-state index contributed by atoms with van der Waals surface area (Å²) in [5.41, 5.74) is -1.18. The van der Waals surface area contributed by atoms with Crippen LogP contribution in [0.2, 0.25) is 0 Å². The Labute approximate surface area is 177 Å². The number of halogens is 3. The number of ether oxygens (including phenoxy) is 1. The number of rotatable bonds is 6. The van der Waals surface area contributed by atoms with E-state index in [1.807, 2.05) is 6.92 Å². The largest absolute Gasteiger partial charge is 0.491 e. The average molecular weight is 461 g/mol. The molecule has 1 N–H and O–H groups in total. The zero-order valence-corrected chi connectivity index (χ0v) is 17.6. The molecule has 0 saturated carbocycles. The summed E-state index contributed by atoms with van der Waals surface area (Å²) in [4.78, 5) is 24.9. The van der Waals surface area contributed by atoms with Gasteiger partial charge in [0.25, 0.3) is 5.91 Å². The molecule has 8 nitrogen and oxygen atoms in total. The highest BCUT2D eigenvalue weighted by Crippen LogP contribution is 2.35. The Morgan fingerprint density at radius 2 is 2.06 bits per heavy atom. The third-order valence-electron chi connectivity index (χ3n) is 4.89. The first-order valence-electron chi connectivity index (χ1n) is 9.75. The SMILES string of the molecule is CCCOc1ccc(C(F)(F)F)cc1NC(=O)C1=NN(C2CCS(=O)(=O)C2)C(=O)CC1. The third kappa shape index (κ3) is 5.54. The quantitative estimate of drug-likeness (QED) is 0.701. The summed E-state index contributed by atoms with van der Waals surface area (Å²) in [6.07, 6.45) is -3.84. The molecule has 0 aliphatic carbocycles. The highest BCUT2D eigenvalue weighted by atomic mass is 32.2. The minimum absolute atomic E-state index is 0.00918. The second kappa shape index (κ2) is 8.85. The van der Waals surface area contributed by atoms with Gasteiger partial charge in [-0.05, 0) is 31.0 Å². The zero-order chi connectivity index (χ0) is 22.8. The number of nitrogens with one attached hydrogen (secondary N) is 1. The molecule has 2 aliphatic rings. The number of hydrazone groups is 1. The highest BCUT2D eigenvalue weighted by molar-refractivity contribution is 7.91. The third-order valence-corrected chi connectivity index (χ3v) is 6.64. The first-order valence-corrected chi connectivity index (χ1v) is 11.6. The van der Waals surface area contributed by atoms with E-state index in [2.05, 4.69) is 10.4 Å². The number of alkyl halides is 3. The minimum Gasteiger partial charge on any atom is -0.491 e. The molecule has 12 heteroatoms. The van der Waals surface area contributed by atoms with E-state index < -0.39 is 39.4 Å². The van der Waals surface area contributed by atoms with Crippen LogP contribution in [0.1, 0.15) is 38.2 Å². The zero-order valence-electron chi connectivity index (χ0n) is 16.7. The number of hydrogen-bond donors (Lipinski definition) is 1. The molecule has 1 saturated heterocycles. The first kappa shape index (κ1) is 23.0. The van der Waals surface area contributed by atoms with Crippen LogP contribution >= 0.6 is 0 Å². The molecule has 170 valence electrons. The van der Waals surface area contributed by atoms with Crippen molar-refractivity contribution in [2.45, 2.75) is 44.8 Å². The van der Waals surface area contributed by atoms with Crippen molar-refractivity contribution in [1.29, 1.82) is 0 Å². The second-order valence-electron chi connectivity index (χ2n) is 7.35. The lowest BCUT2D eigenvalue weighted by atomic mass is 10.1. The molecule has 0 spiro atoms. The van der Waals surface area contributed by atoms with E-state index in [0.29, 0.717) is 6.42 Å². The van der Waals surface area contributed by atoms with Crippen molar-refractivity contribution in [2.75, 3.05) is 23.4 Å². The van der Waals surface area contributed by atoms with Gasteiger partial charge in [-0.3, -0.25) is 9.59 Å². The normalized spacial score (nSPS) is 21.0. The van der Waals surface area contributed by atoms with E-state index in [0.717, 1.165) is 23.2 Å². The summed E-state index contributed by atoms with van der Waals surface area (Å²) >= 11 is 0. The Hall–Kier alpha value is -2.63. The van der Waals surface area contributed by atoms with Crippen molar-refractivity contribution in [3.8, 4) is 5.75 Å². The van der Waals surface area contributed by atoms with Crippen LogP contribution in [-0.4, -0.2) is 55.1 Å². The summed E-state index contributed by atoms with van der Waals surface area (Å²) in [5.74, 6) is -1.40. The molecule has 0 bridgehead atoms. The molecule has 3 rings (SSSR count). The molecule has 1 unspecified atom stereocenters. The van der Waals surface area contributed by atoms with Crippen LogP contribution in [0.3, 0.4) is 0 Å². The van der Waals surface area contributed by atoms with Gasteiger partial charge in [0.1, 0.15) is 11.5 Å². The maximum Gasteiger partial charge on any atom is 0.416 e. The fourth-order valence-corrected chi connectivity index (χ4v) is 5.02. The predicted octanol–water partition coefficient (Wildman–Crippen LogP) is 2.60. The van der Waals surface area contributed by atoms with Gasteiger partial charge in [0.2, 0.25) is 5.91 Å². The molecular weight excluding hydrogens is 439 g/mol. The number of anilines is 1. The molecule has 2 aliphatic heterocycles. The first-order chi connectivity index (χ1) is 14.5. The van der Waals surface area contributed by atoms with Crippen LogP contribution in [0.5, 0.6) is 5.75 Å². The smallest absolute Gasteiger partial charge is 0.416 e. The van der Waals surface area contributed by atoms with Gasteiger partial charge >= 0.3 is 6.18 Å². The fraction of sp³-hybridized carbons (Fsp3) is 0.526. The minimum atomic E-state index is -4.61. The maximum atomic E-state index is 13.1. The molecule has 2 amide bonds. The lowest BCUT2D eigenvalue weighted by Crippen LogP contribution is -2.42. The van der Waals surface area contributed by atoms with Crippen LogP contribution in [-0.2, 0) is 25.6 Å². The number of benzene rings is 1. The molecule has 1 aromatic rings. The molecular formula is C19H22F3N3O5S. The van der Waals surface area contributed by atoms with Crippen LogP contribution in [0.15, 0.2) is 23.3 Å². The maximum absolute atomic E-state index is 13.1. The van der Waals surface area contributed by atoms with Gasteiger partial charge in [-0.1, -0.05) is 6.92 Å². The number of nitrogens with zero attached hydrogens (tertiary/aromatic N) is 2. The predicted molar refractivity (Wildman–Crippen MR) is 106 cm³/mol. The monoisotopic (exact) mass is 461 g/mol. The van der Waals surface area contributed by atoms with Crippen molar-refractivity contribution in [3.63, 3.8) is 0 Å². The molecule has 31 heavy (non-hydrogen) atoms. The van der Waals surface area contributed by atoms with Crippen LogP contribution in [0, 0.1) is 0 Å². The average Bonchev–Trinajstić information content (AvgIpc) is 3.06. The molecule has 1 fully saturated rings. The van der Waals surface area contributed by atoms with Gasteiger partial charge in [-0.2, -0.15) is 18.3 Å². The number of hydrogen-bond acceptors (Lipinski definition) is 6. The van der Waals surface area contributed by atoms with E-state index in [-0.39, 0.29) is 54.5 Å². The molecule has 1 aromatic carbocycles. The van der Waals surface area contributed by atoms with Gasteiger partial charge in [-0.15, -0.1) is 0 Å². The van der Waals surface area contributed by atoms with Gasteiger partial charge in [0.05, 0.1) is 35.4 Å². The lowest BCUT2D eigenvalue weighted by molar-refractivity contribution is -0.137. The summed E-state index contributed by atoms with van der Waals surface area (Å²) in [6, 6.07) is 2.12. The molecule has 1 atom stereocenters. The Kier molecular flexibility index (Phi) is 6.58. The standard InChI is InChI=1S/C19H22F3N3O5S/c1-2-8-30-16-5-3-12(19(20,21)22)10-15(16)23-18(27)14-4-6-17(26)25(24-14)13-7-9-31(28,29)11-13/h3,5,10,13H,2,4,6-9,11H2,1H3,(H,23,27). The number of sulfone groups is 1. The second-order valence-corrected chi connectivity index (χ2v) is 9.58. The number of carbonyl (C=O) groups excluding carboxylic acids is 2. The van der Waals surface area contributed by atoms with Gasteiger partial charge in [-0.25, -0.2) is 13.4 Å². The highest BCUT2D eigenvalue weighted by Gasteiger charge is 2.37. The molecule has 0 aromatic heterocycles. The van der Waals surface area contributed by atoms with Crippen molar-refractivity contribution in [2.24, 2.45) is 5.10 Å². The van der Waals surface area contributed by atoms with Crippen molar-refractivity contribution >= 4 is 33.1 Å². The van der Waals surface area contributed by atoms with Crippen molar-refractivity contribution < 1.29 is 35.9 Å². The number of carbonyl (C=O) groups is 2. The summed E-state index contributed by atoms with van der Waals surface area (Å²) in [7, 11) is -3.27. The number of amides is 2. The Morgan fingerprint density at radius 1 is 1.32 bits per heavy atom. The van der Waals surface area contributed by atoms with Crippen LogP contribution < -0.4 is 10.1 Å². The van der Waals surface area contributed by atoms with E-state index in [1.54, 1.807) is 0 Å². The summed E-state index contributed by atoms with van der Waals surface area (Å²) in [6.45, 7) is 2.07. The Morgan fingerprint density at radius 3 is 2.68 bits per heavy atom. The van der Waals surface area contributed by atoms with Gasteiger partial charge in [0, 0.05) is 12.8 Å².